The second kappa shape index (κ2) is 11.4. The normalized spacial score (nSPS) is 10.3. The fraction of sp³-hybridized carbons (Fsp3) is 0.350. The van der Waals surface area contributed by atoms with Gasteiger partial charge < -0.3 is 14.8 Å². The van der Waals surface area contributed by atoms with E-state index in [0.29, 0.717) is 13.0 Å². The van der Waals surface area contributed by atoms with Gasteiger partial charge in [0.1, 0.15) is 11.5 Å². The Morgan fingerprint density at radius 3 is 2.20 bits per heavy atom. The first kappa shape index (κ1) is 19.2. The van der Waals surface area contributed by atoms with E-state index in [9.17, 15) is 4.79 Å². The fourth-order valence-electron chi connectivity index (χ4n) is 2.08. The average molecular weight is 359 g/mol. The standard InChI is InChI=1S/C20H25NO3S/c1-2-13-23-18-8-10-19(11-9-18)24-14-16-25-15-12-20(22)21-17-6-4-3-5-7-17/h3-11H,2,12-16H2,1H3,(H,21,22). The van der Waals surface area contributed by atoms with Gasteiger partial charge in [0.15, 0.2) is 0 Å². The molecule has 2 rings (SSSR count). The zero-order valence-electron chi connectivity index (χ0n) is 14.6. The summed E-state index contributed by atoms with van der Waals surface area (Å²) in [6, 6.07) is 17.2. The Hall–Kier alpha value is -2.14. The number of amides is 1. The molecule has 0 unspecified atom stereocenters. The second-order valence-electron chi connectivity index (χ2n) is 5.44. The summed E-state index contributed by atoms with van der Waals surface area (Å²) in [5.74, 6) is 3.39. The Balaban J connectivity index is 1.53. The van der Waals surface area contributed by atoms with Gasteiger partial charge in [0.2, 0.25) is 5.91 Å². The van der Waals surface area contributed by atoms with Crippen molar-refractivity contribution in [3.63, 3.8) is 0 Å². The maximum absolute atomic E-state index is 11.8. The van der Waals surface area contributed by atoms with Crippen LogP contribution >= 0.6 is 11.8 Å². The van der Waals surface area contributed by atoms with Crippen LogP contribution in [0, 0.1) is 0 Å². The highest BCUT2D eigenvalue weighted by molar-refractivity contribution is 7.99. The molecule has 0 saturated heterocycles. The lowest BCUT2D eigenvalue weighted by Crippen LogP contribution is -2.12. The summed E-state index contributed by atoms with van der Waals surface area (Å²) < 4.78 is 11.2. The molecule has 0 radical (unpaired) electrons. The quantitative estimate of drug-likeness (QED) is 0.595. The highest BCUT2D eigenvalue weighted by Crippen LogP contribution is 2.18. The first-order valence-corrected chi connectivity index (χ1v) is 9.71. The third-order valence-electron chi connectivity index (χ3n) is 3.32. The number of para-hydroxylation sites is 1. The smallest absolute Gasteiger partial charge is 0.225 e. The average Bonchev–Trinajstić information content (AvgIpc) is 2.64. The summed E-state index contributed by atoms with van der Waals surface area (Å²) in [6.45, 7) is 3.44. The number of thioether (sulfide) groups is 1. The Labute approximate surface area is 153 Å². The van der Waals surface area contributed by atoms with E-state index >= 15 is 0 Å². The SMILES string of the molecule is CCCOc1ccc(OCCSCCC(=O)Nc2ccccc2)cc1. The van der Waals surface area contributed by atoms with Crippen LogP contribution in [0.3, 0.4) is 0 Å². The van der Waals surface area contributed by atoms with Crippen LogP contribution in [0.5, 0.6) is 11.5 Å². The highest BCUT2D eigenvalue weighted by Gasteiger charge is 2.02. The van der Waals surface area contributed by atoms with Gasteiger partial charge in [0.25, 0.3) is 0 Å². The molecule has 0 aliphatic heterocycles. The lowest BCUT2D eigenvalue weighted by molar-refractivity contribution is -0.115. The van der Waals surface area contributed by atoms with Crippen molar-refractivity contribution in [3.8, 4) is 11.5 Å². The van der Waals surface area contributed by atoms with E-state index in [-0.39, 0.29) is 5.91 Å². The lowest BCUT2D eigenvalue weighted by Gasteiger charge is -2.08. The molecule has 4 nitrogen and oxygen atoms in total. The topological polar surface area (TPSA) is 47.6 Å². The molecule has 0 heterocycles. The number of anilines is 1. The minimum atomic E-state index is 0.0438. The van der Waals surface area contributed by atoms with Gasteiger partial charge in [-0.25, -0.2) is 0 Å². The summed E-state index contributed by atoms with van der Waals surface area (Å²) >= 11 is 1.72. The van der Waals surface area contributed by atoms with Crippen molar-refractivity contribution in [3.05, 3.63) is 54.6 Å². The summed E-state index contributed by atoms with van der Waals surface area (Å²) in [4.78, 5) is 11.8. The van der Waals surface area contributed by atoms with Crippen molar-refractivity contribution in [1.82, 2.24) is 0 Å². The van der Waals surface area contributed by atoms with Crippen LogP contribution in [-0.2, 0) is 4.79 Å². The maximum atomic E-state index is 11.8. The van der Waals surface area contributed by atoms with Crippen molar-refractivity contribution in [2.45, 2.75) is 19.8 Å². The van der Waals surface area contributed by atoms with Gasteiger partial charge in [-0.1, -0.05) is 25.1 Å². The summed E-state index contributed by atoms with van der Waals surface area (Å²) in [6.07, 6.45) is 1.50. The third kappa shape index (κ3) is 7.98. The van der Waals surface area contributed by atoms with Gasteiger partial charge in [-0.15, -0.1) is 0 Å². The maximum Gasteiger partial charge on any atom is 0.225 e. The molecule has 0 bridgehead atoms. The number of hydrogen-bond acceptors (Lipinski definition) is 4. The number of nitrogens with one attached hydrogen (secondary N) is 1. The molecule has 0 saturated carbocycles. The van der Waals surface area contributed by atoms with E-state index in [1.165, 1.54) is 0 Å². The number of benzene rings is 2. The number of carbonyl (C=O) groups excluding carboxylic acids is 1. The molecule has 0 atom stereocenters. The molecule has 0 aliphatic carbocycles. The summed E-state index contributed by atoms with van der Waals surface area (Å²) in [5.41, 5.74) is 0.840. The number of rotatable bonds is 11. The largest absolute Gasteiger partial charge is 0.494 e. The number of ether oxygens (including phenoxy) is 2. The van der Waals surface area contributed by atoms with Crippen molar-refractivity contribution in [2.24, 2.45) is 0 Å². The summed E-state index contributed by atoms with van der Waals surface area (Å²) in [7, 11) is 0. The third-order valence-corrected chi connectivity index (χ3v) is 4.27. The van der Waals surface area contributed by atoms with E-state index in [2.05, 4.69) is 12.2 Å². The number of hydrogen-bond donors (Lipinski definition) is 1. The molecule has 0 spiro atoms. The molecular formula is C20H25NO3S. The monoisotopic (exact) mass is 359 g/mol. The molecule has 1 amide bonds. The molecule has 0 fully saturated rings. The van der Waals surface area contributed by atoms with E-state index in [1.54, 1.807) is 11.8 Å². The van der Waals surface area contributed by atoms with E-state index in [0.717, 1.165) is 41.7 Å². The Kier molecular flexibility index (Phi) is 8.77. The van der Waals surface area contributed by atoms with Crippen LogP contribution in [0.1, 0.15) is 19.8 Å². The Morgan fingerprint density at radius 2 is 1.56 bits per heavy atom. The lowest BCUT2D eigenvalue weighted by atomic mass is 10.3. The van der Waals surface area contributed by atoms with Gasteiger partial charge >= 0.3 is 0 Å². The predicted molar refractivity (Wildman–Crippen MR) is 105 cm³/mol. The van der Waals surface area contributed by atoms with Gasteiger partial charge in [0, 0.05) is 23.6 Å². The second-order valence-corrected chi connectivity index (χ2v) is 6.67. The zero-order valence-corrected chi connectivity index (χ0v) is 15.4. The Morgan fingerprint density at radius 1 is 0.920 bits per heavy atom. The Bertz CT molecular complexity index is 617. The molecule has 25 heavy (non-hydrogen) atoms. The predicted octanol–water partition coefficient (Wildman–Crippen LogP) is 4.62. The van der Waals surface area contributed by atoms with Crippen molar-refractivity contribution < 1.29 is 14.3 Å². The van der Waals surface area contributed by atoms with Crippen molar-refractivity contribution in [1.29, 1.82) is 0 Å². The fourth-order valence-corrected chi connectivity index (χ4v) is 2.82. The zero-order chi connectivity index (χ0) is 17.7. The van der Waals surface area contributed by atoms with Crippen LogP contribution in [0.4, 0.5) is 5.69 Å². The van der Waals surface area contributed by atoms with Crippen LogP contribution in [-0.4, -0.2) is 30.6 Å². The van der Waals surface area contributed by atoms with Crippen molar-refractivity contribution in [2.75, 3.05) is 30.0 Å². The molecule has 2 aromatic rings. The molecule has 1 N–H and O–H groups in total. The van der Waals surface area contributed by atoms with Crippen LogP contribution in [0.15, 0.2) is 54.6 Å². The van der Waals surface area contributed by atoms with Crippen LogP contribution in [0.2, 0.25) is 0 Å². The minimum Gasteiger partial charge on any atom is -0.494 e. The van der Waals surface area contributed by atoms with Gasteiger partial charge in [-0.3, -0.25) is 4.79 Å². The first-order valence-electron chi connectivity index (χ1n) is 8.56. The van der Waals surface area contributed by atoms with E-state index in [1.807, 2.05) is 54.6 Å². The van der Waals surface area contributed by atoms with E-state index < -0.39 is 0 Å². The molecule has 0 aromatic heterocycles. The van der Waals surface area contributed by atoms with Gasteiger partial charge in [-0.2, -0.15) is 11.8 Å². The highest BCUT2D eigenvalue weighted by atomic mass is 32.2. The van der Waals surface area contributed by atoms with E-state index in [4.69, 9.17) is 9.47 Å². The number of carbonyl (C=O) groups is 1. The van der Waals surface area contributed by atoms with Crippen molar-refractivity contribution >= 4 is 23.4 Å². The molecule has 0 aliphatic rings. The molecule has 5 heteroatoms. The first-order chi connectivity index (χ1) is 12.3. The molecule has 134 valence electrons. The molecular weight excluding hydrogens is 334 g/mol. The van der Waals surface area contributed by atoms with Crippen LogP contribution in [0.25, 0.3) is 0 Å². The van der Waals surface area contributed by atoms with Gasteiger partial charge in [0.05, 0.1) is 13.2 Å². The van der Waals surface area contributed by atoms with Gasteiger partial charge in [-0.05, 0) is 42.8 Å². The minimum absolute atomic E-state index is 0.0438. The molecule has 2 aromatic carbocycles. The van der Waals surface area contributed by atoms with Crippen LogP contribution < -0.4 is 14.8 Å². The summed E-state index contributed by atoms with van der Waals surface area (Å²) in [5, 5.41) is 2.88.